The summed E-state index contributed by atoms with van der Waals surface area (Å²) < 4.78 is 7.26. The molecule has 1 aromatic carbocycles. The number of hydrogen-bond donors (Lipinski definition) is 2. The number of rotatable bonds is 3. The summed E-state index contributed by atoms with van der Waals surface area (Å²) >= 11 is 0. The van der Waals surface area contributed by atoms with Crippen LogP contribution in [0.3, 0.4) is 0 Å². The number of oxime groups is 1. The van der Waals surface area contributed by atoms with Crippen molar-refractivity contribution in [2.45, 2.75) is 6.92 Å². The Morgan fingerprint density at radius 3 is 2.67 bits per heavy atom. The molecule has 0 amide bonds. The van der Waals surface area contributed by atoms with Crippen LogP contribution >= 0.6 is 0 Å². The summed E-state index contributed by atoms with van der Waals surface area (Å²) in [5, 5.41) is 16.0. The third-order valence-electron chi connectivity index (χ3n) is 2.49. The standard InChI is InChI=1S/C12H14N4O2/c1-8-10(11(13)15-17)12(16(2)14-8)18-9-6-4-3-5-7-9/h3-7,17H,1-2H3,(H2,13,15). The molecule has 0 aliphatic rings. The second kappa shape index (κ2) is 4.79. The van der Waals surface area contributed by atoms with Gasteiger partial charge < -0.3 is 15.7 Å². The number of nitrogens with two attached hydrogens (primary N) is 1. The number of amidine groups is 1. The Hall–Kier alpha value is -2.50. The second-order valence-electron chi connectivity index (χ2n) is 3.79. The summed E-state index contributed by atoms with van der Waals surface area (Å²) in [4.78, 5) is 0. The Bertz CT molecular complexity index is 575. The van der Waals surface area contributed by atoms with E-state index in [0.29, 0.717) is 22.9 Å². The van der Waals surface area contributed by atoms with Crippen molar-refractivity contribution < 1.29 is 9.94 Å². The number of para-hydroxylation sites is 1. The van der Waals surface area contributed by atoms with Gasteiger partial charge in [0.2, 0.25) is 5.88 Å². The molecule has 94 valence electrons. The van der Waals surface area contributed by atoms with Crippen LogP contribution in [-0.4, -0.2) is 20.8 Å². The minimum absolute atomic E-state index is 0.0217. The van der Waals surface area contributed by atoms with Crippen molar-refractivity contribution in [2.75, 3.05) is 0 Å². The molecule has 0 atom stereocenters. The maximum Gasteiger partial charge on any atom is 0.229 e. The zero-order valence-corrected chi connectivity index (χ0v) is 10.2. The Morgan fingerprint density at radius 1 is 1.39 bits per heavy atom. The monoisotopic (exact) mass is 246 g/mol. The fourth-order valence-electron chi connectivity index (χ4n) is 1.70. The van der Waals surface area contributed by atoms with E-state index in [1.807, 2.05) is 30.3 Å². The topological polar surface area (TPSA) is 85.7 Å². The first-order valence-corrected chi connectivity index (χ1v) is 5.38. The smallest absolute Gasteiger partial charge is 0.229 e. The van der Waals surface area contributed by atoms with Crippen molar-refractivity contribution in [3.05, 3.63) is 41.6 Å². The van der Waals surface area contributed by atoms with Crippen LogP contribution in [0.2, 0.25) is 0 Å². The van der Waals surface area contributed by atoms with Crippen LogP contribution in [0.1, 0.15) is 11.3 Å². The lowest BCUT2D eigenvalue weighted by Gasteiger charge is -2.07. The average Bonchev–Trinajstić information content (AvgIpc) is 2.65. The number of ether oxygens (including phenoxy) is 1. The highest BCUT2D eigenvalue weighted by atomic mass is 16.5. The van der Waals surface area contributed by atoms with Crippen LogP contribution in [0.4, 0.5) is 0 Å². The minimum atomic E-state index is -0.0217. The molecule has 6 heteroatoms. The lowest BCUT2D eigenvalue weighted by atomic mass is 10.2. The predicted molar refractivity (Wildman–Crippen MR) is 67.0 cm³/mol. The van der Waals surface area contributed by atoms with Gasteiger partial charge >= 0.3 is 0 Å². The molecule has 0 aliphatic heterocycles. The van der Waals surface area contributed by atoms with Crippen LogP contribution in [0.25, 0.3) is 0 Å². The van der Waals surface area contributed by atoms with Crippen LogP contribution in [-0.2, 0) is 7.05 Å². The zero-order chi connectivity index (χ0) is 13.1. The van der Waals surface area contributed by atoms with Gasteiger partial charge in [-0.1, -0.05) is 23.4 Å². The van der Waals surface area contributed by atoms with Gasteiger partial charge in [-0.15, -0.1) is 0 Å². The maximum atomic E-state index is 8.78. The average molecular weight is 246 g/mol. The van der Waals surface area contributed by atoms with Gasteiger partial charge in [0, 0.05) is 7.05 Å². The van der Waals surface area contributed by atoms with E-state index in [9.17, 15) is 0 Å². The molecule has 0 radical (unpaired) electrons. The maximum absolute atomic E-state index is 8.78. The minimum Gasteiger partial charge on any atom is -0.439 e. The Kier molecular flexibility index (Phi) is 3.18. The lowest BCUT2D eigenvalue weighted by molar-refractivity contribution is 0.318. The van der Waals surface area contributed by atoms with Gasteiger partial charge in [0.25, 0.3) is 0 Å². The van der Waals surface area contributed by atoms with E-state index in [4.69, 9.17) is 15.7 Å². The van der Waals surface area contributed by atoms with Crippen molar-refractivity contribution >= 4 is 5.84 Å². The van der Waals surface area contributed by atoms with Crippen LogP contribution in [0.15, 0.2) is 35.5 Å². The number of nitrogens with zero attached hydrogens (tertiary/aromatic N) is 3. The van der Waals surface area contributed by atoms with Crippen molar-refractivity contribution in [1.82, 2.24) is 9.78 Å². The predicted octanol–water partition coefficient (Wildman–Crippen LogP) is 1.62. The summed E-state index contributed by atoms with van der Waals surface area (Å²) in [5.74, 6) is 1.08. The molecule has 2 rings (SSSR count). The van der Waals surface area contributed by atoms with E-state index in [-0.39, 0.29) is 5.84 Å². The molecule has 0 fully saturated rings. The van der Waals surface area contributed by atoms with E-state index >= 15 is 0 Å². The summed E-state index contributed by atoms with van der Waals surface area (Å²) in [6, 6.07) is 9.26. The molecule has 6 nitrogen and oxygen atoms in total. The molecule has 0 unspecified atom stereocenters. The van der Waals surface area contributed by atoms with Gasteiger partial charge in [-0.05, 0) is 19.1 Å². The Morgan fingerprint density at radius 2 is 2.06 bits per heavy atom. The Balaban J connectivity index is 2.45. The van der Waals surface area contributed by atoms with E-state index in [2.05, 4.69) is 10.3 Å². The molecule has 1 aromatic heterocycles. The van der Waals surface area contributed by atoms with E-state index in [0.717, 1.165) is 0 Å². The van der Waals surface area contributed by atoms with E-state index < -0.39 is 0 Å². The lowest BCUT2D eigenvalue weighted by Crippen LogP contribution is -2.14. The highest BCUT2D eigenvalue weighted by Crippen LogP contribution is 2.26. The highest BCUT2D eigenvalue weighted by Gasteiger charge is 2.19. The van der Waals surface area contributed by atoms with Gasteiger partial charge in [-0.2, -0.15) is 5.10 Å². The first-order valence-electron chi connectivity index (χ1n) is 5.38. The van der Waals surface area contributed by atoms with Gasteiger partial charge in [0.15, 0.2) is 5.84 Å². The van der Waals surface area contributed by atoms with Crippen LogP contribution in [0, 0.1) is 6.92 Å². The van der Waals surface area contributed by atoms with Crippen molar-refractivity contribution in [3.63, 3.8) is 0 Å². The first-order chi connectivity index (χ1) is 8.63. The third-order valence-corrected chi connectivity index (χ3v) is 2.49. The first kappa shape index (κ1) is 12.0. The zero-order valence-electron chi connectivity index (χ0n) is 10.2. The summed E-state index contributed by atoms with van der Waals surface area (Å²) in [6.07, 6.45) is 0. The van der Waals surface area contributed by atoms with E-state index in [1.54, 1.807) is 18.7 Å². The molecule has 0 saturated carbocycles. The van der Waals surface area contributed by atoms with Crippen molar-refractivity contribution in [3.8, 4) is 11.6 Å². The SMILES string of the molecule is Cc1nn(C)c(Oc2ccccc2)c1C(N)=NO. The van der Waals surface area contributed by atoms with Crippen LogP contribution < -0.4 is 10.5 Å². The Labute approximate surface area is 104 Å². The summed E-state index contributed by atoms with van der Waals surface area (Å²) in [7, 11) is 1.74. The molecule has 18 heavy (non-hydrogen) atoms. The summed E-state index contributed by atoms with van der Waals surface area (Å²) in [5.41, 5.74) is 6.76. The molecular weight excluding hydrogens is 232 g/mol. The van der Waals surface area contributed by atoms with E-state index in [1.165, 1.54) is 0 Å². The molecule has 2 aromatic rings. The molecule has 1 heterocycles. The van der Waals surface area contributed by atoms with Crippen LogP contribution in [0.5, 0.6) is 11.6 Å². The third kappa shape index (κ3) is 2.13. The molecule has 0 bridgehead atoms. The van der Waals surface area contributed by atoms with Crippen molar-refractivity contribution in [2.24, 2.45) is 17.9 Å². The highest BCUT2D eigenvalue weighted by molar-refractivity contribution is 6.00. The molecule has 3 N–H and O–H groups in total. The largest absolute Gasteiger partial charge is 0.439 e. The second-order valence-corrected chi connectivity index (χ2v) is 3.79. The van der Waals surface area contributed by atoms with Gasteiger partial charge in [0.1, 0.15) is 11.3 Å². The van der Waals surface area contributed by atoms with Gasteiger partial charge in [0.05, 0.1) is 5.69 Å². The molecule has 0 aliphatic carbocycles. The molecule has 0 saturated heterocycles. The molecular formula is C12H14N4O2. The summed E-state index contributed by atoms with van der Waals surface area (Å²) in [6.45, 7) is 1.77. The number of aryl methyl sites for hydroxylation is 2. The number of aromatic nitrogens is 2. The van der Waals surface area contributed by atoms with Gasteiger partial charge in [-0.25, -0.2) is 4.68 Å². The number of hydrogen-bond acceptors (Lipinski definition) is 4. The fraction of sp³-hybridized carbons (Fsp3) is 0.167. The van der Waals surface area contributed by atoms with Gasteiger partial charge in [-0.3, -0.25) is 0 Å². The van der Waals surface area contributed by atoms with Crippen molar-refractivity contribution in [1.29, 1.82) is 0 Å². The fourth-order valence-corrected chi connectivity index (χ4v) is 1.70. The molecule has 0 spiro atoms. The quantitative estimate of drug-likeness (QED) is 0.373. The normalized spacial score (nSPS) is 11.6. The number of benzene rings is 1.